The Labute approximate surface area is 167 Å². The minimum atomic E-state index is -0.0778. The monoisotopic (exact) mass is 397 g/mol. The van der Waals surface area contributed by atoms with Gasteiger partial charge in [-0.2, -0.15) is 0 Å². The number of nitrogens with one attached hydrogen (secondary N) is 1. The molecule has 1 aliphatic rings. The van der Waals surface area contributed by atoms with Gasteiger partial charge in [-0.25, -0.2) is 9.97 Å². The van der Waals surface area contributed by atoms with Crippen LogP contribution in [0.25, 0.3) is 10.2 Å². The van der Waals surface area contributed by atoms with Crippen LogP contribution in [0.3, 0.4) is 0 Å². The van der Waals surface area contributed by atoms with Gasteiger partial charge in [0.15, 0.2) is 5.69 Å². The van der Waals surface area contributed by atoms with Crippen LogP contribution in [-0.2, 0) is 4.74 Å². The third kappa shape index (κ3) is 3.70. The molecule has 1 fully saturated rings. The summed E-state index contributed by atoms with van der Waals surface area (Å²) in [7, 11) is 1.69. The summed E-state index contributed by atoms with van der Waals surface area (Å²) in [6.45, 7) is 5.29. The van der Waals surface area contributed by atoms with Gasteiger partial charge < -0.3 is 15.0 Å². The number of pyridine rings is 1. The van der Waals surface area contributed by atoms with Crippen molar-refractivity contribution in [2.75, 3.05) is 25.5 Å². The number of fused-ring (bicyclic) bond motifs is 1. The molecule has 146 valence electrons. The number of thiophene rings is 1. The van der Waals surface area contributed by atoms with Crippen LogP contribution in [0.1, 0.15) is 40.4 Å². The lowest BCUT2D eigenvalue weighted by molar-refractivity contribution is 0.0721. The van der Waals surface area contributed by atoms with Gasteiger partial charge in [0.1, 0.15) is 0 Å². The minimum absolute atomic E-state index is 0.0673. The molecule has 4 rings (SSSR count). The third-order valence-corrected chi connectivity index (χ3v) is 5.99. The number of amides is 1. The molecule has 1 unspecified atom stereocenters. The molecule has 28 heavy (non-hydrogen) atoms. The fraction of sp³-hybridized carbons (Fsp3) is 0.400. The van der Waals surface area contributed by atoms with Gasteiger partial charge in [-0.3, -0.25) is 9.78 Å². The van der Waals surface area contributed by atoms with Crippen LogP contribution < -0.4 is 5.32 Å². The maximum absolute atomic E-state index is 13.2. The van der Waals surface area contributed by atoms with Crippen molar-refractivity contribution < 1.29 is 9.53 Å². The van der Waals surface area contributed by atoms with Crippen molar-refractivity contribution in [1.82, 2.24) is 19.9 Å². The number of aromatic nitrogens is 3. The average Bonchev–Trinajstić information content (AvgIpc) is 3.33. The molecular weight excluding hydrogens is 374 g/mol. The quantitative estimate of drug-likeness (QED) is 0.710. The highest BCUT2D eigenvalue weighted by Gasteiger charge is 2.29. The Hall–Kier alpha value is -2.58. The normalized spacial score (nSPS) is 17.8. The molecule has 7 nitrogen and oxygen atoms in total. The average molecular weight is 398 g/mol. The van der Waals surface area contributed by atoms with E-state index in [2.05, 4.69) is 20.3 Å². The number of nitrogens with zero attached hydrogens (tertiary/aromatic N) is 4. The van der Waals surface area contributed by atoms with Gasteiger partial charge in [0.05, 0.1) is 28.1 Å². The standard InChI is InChI=1S/C20H23N5O2S/c1-12-10-16-18(28-12)17(19(26)25-9-7-14(11-25)27-3)24-20(23-16)22-13(2)15-6-4-5-8-21-15/h4-6,8,10,13-14H,7,9,11H2,1-3H3,(H,22,23,24)/t13?,14-/m1/s1. The molecular formula is C20H23N5O2S. The van der Waals surface area contributed by atoms with E-state index in [4.69, 9.17) is 4.74 Å². The number of hydrogen-bond donors (Lipinski definition) is 1. The van der Waals surface area contributed by atoms with Crippen LogP contribution in [-0.4, -0.2) is 52.1 Å². The minimum Gasteiger partial charge on any atom is -0.380 e. The van der Waals surface area contributed by atoms with Crippen molar-refractivity contribution in [3.63, 3.8) is 0 Å². The van der Waals surface area contributed by atoms with Crippen molar-refractivity contribution in [1.29, 1.82) is 0 Å². The van der Waals surface area contributed by atoms with Gasteiger partial charge in [0, 0.05) is 31.3 Å². The third-order valence-electron chi connectivity index (χ3n) is 4.94. The number of carbonyl (C=O) groups excluding carboxylic acids is 1. The summed E-state index contributed by atoms with van der Waals surface area (Å²) in [5, 5.41) is 3.29. The van der Waals surface area contributed by atoms with E-state index in [0.29, 0.717) is 24.7 Å². The molecule has 0 radical (unpaired) electrons. The summed E-state index contributed by atoms with van der Waals surface area (Å²) in [4.78, 5) is 29.7. The molecule has 8 heteroatoms. The van der Waals surface area contributed by atoms with Gasteiger partial charge in [0.2, 0.25) is 5.95 Å². The molecule has 0 spiro atoms. The molecule has 1 aliphatic heterocycles. The fourth-order valence-electron chi connectivity index (χ4n) is 3.41. The largest absolute Gasteiger partial charge is 0.380 e. The van der Waals surface area contributed by atoms with Crippen LogP contribution in [0.2, 0.25) is 0 Å². The molecule has 4 heterocycles. The molecule has 2 atom stereocenters. The first kappa shape index (κ1) is 18.8. The van der Waals surface area contributed by atoms with E-state index in [1.807, 2.05) is 43.0 Å². The summed E-state index contributed by atoms with van der Waals surface area (Å²) in [6.07, 6.45) is 2.70. The molecule has 3 aromatic heterocycles. The molecule has 1 N–H and O–H groups in total. The van der Waals surface area contributed by atoms with Crippen LogP contribution in [0.5, 0.6) is 0 Å². The Morgan fingerprint density at radius 2 is 2.25 bits per heavy atom. The summed E-state index contributed by atoms with van der Waals surface area (Å²) in [6, 6.07) is 7.70. The van der Waals surface area contributed by atoms with E-state index in [-0.39, 0.29) is 18.1 Å². The van der Waals surface area contributed by atoms with Crippen molar-refractivity contribution in [2.45, 2.75) is 32.4 Å². The van der Waals surface area contributed by atoms with E-state index in [9.17, 15) is 4.79 Å². The van der Waals surface area contributed by atoms with Crippen LogP contribution in [0.4, 0.5) is 5.95 Å². The first-order chi connectivity index (χ1) is 13.5. The van der Waals surface area contributed by atoms with Crippen LogP contribution in [0, 0.1) is 6.92 Å². The maximum atomic E-state index is 13.2. The Bertz CT molecular complexity index is 991. The van der Waals surface area contributed by atoms with Gasteiger partial charge >= 0.3 is 0 Å². The van der Waals surface area contributed by atoms with Crippen LogP contribution >= 0.6 is 11.3 Å². The number of rotatable bonds is 5. The fourth-order valence-corrected chi connectivity index (χ4v) is 4.34. The molecule has 0 bridgehead atoms. The summed E-state index contributed by atoms with van der Waals surface area (Å²) in [5.74, 6) is 0.372. The second-order valence-corrected chi connectivity index (χ2v) is 8.24. The Balaban J connectivity index is 1.66. The molecule has 1 amide bonds. The first-order valence-electron chi connectivity index (χ1n) is 9.33. The van der Waals surface area contributed by atoms with Crippen molar-refractivity contribution >= 4 is 33.4 Å². The zero-order valence-corrected chi connectivity index (χ0v) is 17.0. The molecule has 0 aliphatic carbocycles. The van der Waals surface area contributed by atoms with E-state index < -0.39 is 0 Å². The number of aryl methyl sites for hydroxylation is 1. The SMILES string of the molecule is CO[C@@H]1CCN(C(=O)c2nc(NC(C)c3ccccn3)nc3cc(C)sc23)C1. The highest BCUT2D eigenvalue weighted by Crippen LogP contribution is 2.29. The smallest absolute Gasteiger partial charge is 0.274 e. The Kier molecular flexibility index (Phi) is 5.23. The lowest BCUT2D eigenvalue weighted by Crippen LogP contribution is -2.31. The second-order valence-electron chi connectivity index (χ2n) is 6.99. The predicted molar refractivity (Wildman–Crippen MR) is 110 cm³/mol. The van der Waals surface area contributed by atoms with Gasteiger partial charge in [-0.05, 0) is 38.5 Å². The van der Waals surface area contributed by atoms with Crippen LogP contribution in [0.15, 0.2) is 30.5 Å². The topological polar surface area (TPSA) is 80.2 Å². The molecule has 0 saturated carbocycles. The first-order valence-corrected chi connectivity index (χ1v) is 10.1. The van der Waals surface area contributed by atoms with Gasteiger partial charge in [-0.1, -0.05) is 6.07 Å². The van der Waals surface area contributed by atoms with E-state index >= 15 is 0 Å². The van der Waals surface area contributed by atoms with Crippen molar-refractivity contribution in [3.8, 4) is 0 Å². The second kappa shape index (κ2) is 7.81. The molecule has 1 saturated heterocycles. The lowest BCUT2D eigenvalue weighted by Gasteiger charge is -2.17. The summed E-state index contributed by atoms with van der Waals surface area (Å²) < 4.78 is 6.23. The highest BCUT2D eigenvalue weighted by atomic mass is 32.1. The van der Waals surface area contributed by atoms with Crippen molar-refractivity contribution in [3.05, 3.63) is 46.7 Å². The Morgan fingerprint density at radius 1 is 1.39 bits per heavy atom. The number of hydrogen-bond acceptors (Lipinski definition) is 7. The van der Waals surface area contributed by atoms with E-state index in [1.54, 1.807) is 24.6 Å². The predicted octanol–water partition coefficient (Wildman–Crippen LogP) is 3.43. The Morgan fingerprint density at radius 3 is 2.96 bits per heavy atom. The van der Waals surface area contributed by atoms with Gasteiger partial charge in [0.25, 0.3) is 5.91 Å². The molecule has 0 aromatic carbocycles. The van der Waals surface area contributed by atoms with Crippen molar-refractivity contribution in [2.24, 2.45) is 0 Å². The number of anilines is 1. The van der Waals surface area contributed by atoms with Gasteiger partial charge in [-0.15, -0.1) is 11.3 Å². The summed E-state index contributed by atoms with van der Waals surface area (Å²) >= 11 is 1.55. The maximum Gasteiger partial charge on any atom is 0.274 e. The summed E-state index contributed by atoms with van der Waals surface area (Å²) in [5.41, 5.74) is 2.14. The zero-order valence-electron chi connectivity index (χ0n) is 16.2. The number of ether oxygens (including phenoxy) is 1. The van der Waals surface area contributed by atoms with E-state index in [0.717, 1.165) is 27.2 Å². The molecule has 3 aromatic rings. The zero-order chi connectivity index (χ0) is 19.7. The lowest BCUT2D eigenvalue weighted by atomic mass is 10.2. The number of likely N-dealkylation sites (tertiary alicyclic amines) is 1. The van der Waals surface area contributed by atoms with E-state index in [1.165, 1.54) is 0 Å². The number of carbonyl (C=O) groups is 1. The highest BCUT2D eigenvalue weighted by molar-refractivity contribution is 7.19. The number of methoxy groups -OCH3 is 1.